The number of allylic oxidation sites excluding steroid dienone is 1. The van der Waals surface area contributed by atoms with Crippen molar-refractivity contribution in [3.05, 3.63) is 143 Å². The van der Waals surface area contributed by atoms with Crippen LogP contribution in [-0.4, -0.2) is 14.3 Å². The van der Waals surface area contributed by atoms with Crippen LogP contribution in [0.4, 0.5) is 24.5 Å². The monoisotopic (exact) mass is 610 g/mol. The zero-order valence-electron chi connectivity index (χ0n) is 23.1. The van der Waals surface area contributed by atoms with E-state index in [1.807, 2.05) is 42.5 Å². The number of halogens is 3. The highest BCUT2D eigenvalue weighted by Crippen LogP contribution is 2.51. The molecule has 1 aliphatic carbocycles. The summed E-state index contributed by atoms with van der Waals surface area (Å²) in [5.41, 5.74) is 4.38. The molecule has 5 nitrogen and oxygen atoms in total. The third kappa shape index (κ3) is 4.93. The molecule has 0 saturated heterocycles. The van der Waals surface area contributed by atoms with Crippen LogP contribution in [0.5, 0.6) is 0 Å². The largest absolute Gasteiger partial charge is 0.416 e. The summed E-state index contributed by atoms with van der Waals surface area (Å²) in [5.74, 6) is -1.24. The van der Waals surface area contributed by atoms with Crippen molar-refractivity contribution >= 4 is 44.2 Å². The molecule has 0 bridgehead atoms. The number of carbonyl (C=O) groups excluding carboxylic acids is 1. The van der Waals surface area contributed by atoms with E-state index in [-0.39, 0.29) is 22.4 Å². The van der Waals surface area contributed by atoms with Crippen LogP contribution in [0.25, 0.3) is 16.8 Å². The van der Waals surface area contributed by atoms with Gasteiger partial charge in [-0.05, 0) is 81.9 Å². The van der Waals surface area contributed by atoms with Gasteiger partial charge in [-0.2, -0.15) is 13.2 Å². The van der Waals surface area contributed by atoms with E-state index in [0.29, 0.717) is 17.7 Å². The highest BCUT2D eigenvalue weighted by Gasteiger charge is 2.42. The molecule has 7 rings (SSSR count). The molecule has 0 radical (unpaired) electrons. The Bertz CT molecular complexity index is 2080. The maximum Gasteiger partial charge on any atom is 0.416 e. The zero-order chi connectivity index (χ0) is 30.6. The fourth-order valence-corrected chi connectivity index (χ4v) is 7.43. The predicted octanol–water partition coefficient (Wildman–Crippen LogP) is 8.12. The number of anilines is 2. The number of hydrogen-bond acceptors (Lipinski definition) is 3. The van der Waals surface area contributed by atoms with Crippen molar-refractivity contribution in [1.82, 2.24) is 0 Å². The fourth-order valence-electron chi connectivity index (χ4n) is 6.34. The lowest BCUT2D eigenvalue weighted by Gasteiger charge is -2.23. The molecule has 1 heterocycles. The quantitative estimate of drug-likeness (QED) is 0.204. The summed E-state index contributed by atoms with van der Waals surface area (Å²) in [6.45, 7) is 0. The van der Waals surface area contributed by atoms with Crippen molar-refractivity contribution in [3.8, 4) is 0 Å². The molecule has 9 heteroatoms. The predicted molar refractivity (Wildman–Crippen MR) is 165 cm³/mol. The van der Waals surface area contributed by atoms with Crippen LogP contribution in [0, 0.1) is 0 Å². The van der Waals surface area contributed by atoms with Crippen molar-refractivity contribution < 1.29 is 26.4 Å². The summed E-state index contributed by atoms with van der Waals surface area (Å²) in [7, 11) is -4.18. The second-order valence-corrected chi connectivity index (χ2v) is 12.7. The van der Waals surface area contributed by atoms with Gasteiger partial charge in [-0.1, -0.05) is 78.4 Å². The van der Waals surface area contributed by atoms with Crippen molar-refractivity contribution in [1.29, 1.82) is 0 Å². The molecule has 5 aromatic carbocycles. The summed E-state index contributed by atoms with van der Waals surface area (Å²) < 4.78 is 68.0. The molecule has 2 atom stereocenters. The van der Waals surface area contributed by atoms with E-state index < -0.39 is 27.7 Å². The fraction of sp³-hybridized carbons (Fsp3) is 0.114. The van der Waals surface area contributed by atoms with Gasteiger partial charge in [0.2, 0.25) is 5.91 Å². The Morgan fingerprint density at radius 2 is 1.50 bits per heavy atom. The van der Waals surface area contributed by atoms with Gasteiger partial charge < -0.3 is 5.32 Å². The van der Waals surface area contributed by atoms with Gasteiger partial charge >= 0.3 is 6.18 Å². The number of carbonyl (C=O) groups is 1. The van der Waals surface area contributed by atoms with Gasteiger partial charge in [-0.25, -0.2) is 8.42 Å². The molecule has 220 valence electrons. The highest BCUT2D eigenvalue weighted by molar-refractivity contribution is 7.92. The maximum absolute atomic E-state index is 13.6. The molecule has 2 aliphatic rings. The first-order valence-corrected chi connectivity index (χ1v) is 15.5. The van der Waals surface area contributed by atoms with Crippen LogP contribution < -0.4 is 10.0 Å². The van der Waals surface area contributed by atoms with Crippen LogP contribution in [0.1, 0.15) is 39.7 Å². The van der Waals surface area contributed by atoms with E-state index in [9.17, 15) is 26.4 Å². The average molecular weight is 611 g/mol. The van der Waals surface area contributed by atoms with Gasteiger partial charge in [0.1, 0.15) is 0 Å². The second-order valence-electron chi connectivity index (χ2n) is 11.0. The number of hydrogen-bond donors (Lipinski definition) is 2. The lowest BCUT2D eigenvalue weighted by Crippen LogP contribution is -2.21. The Morgan fingerprint density at radius 3 is 2.30 bits per heavy atom. The molecule has 0 spiro atoms. The molecule has 5 aromatic rings. The molecule has 2 N–H and O–H groups in total. The second kappa shape index (κ2) is 10.4. The summed E-state index contributed by atoms with van der Waals surface area (Å²) in [5, 5.41) is 5.18. The van der Waals surface area contributed by atoms with Crippen molar-refractivity contribution in [2.75, 3.05) is 10.0 Å². The number of fused-ring (bicyclic) bond motifs is 3. The van der Waals surface area contributed by atoms with Crippen LogP contribution >= 0.6 is 0 Å². The number of rotatable bonds is 6. The van der Waals surface area contributed by atoms with Crippen LogP contribution in [0.3, 0.4) is 0 Å². The first-order chi connectivity index (χ1) is 21.1. The number of benzene rings is 5. The topological polar surface area (TPSA) is 75.3 Å². The van der Waals surface area contributed by atoms with Crippen LogP contribution in [-0.2, 0) is 27.4 Å². The highest BCUT2D eigenvalue weighted by atomic mass is 32.2. The SMILES string of the molecule is O=C1Nc2ccc(S(=O)(=O)Nc3ccc(C(F)(F)F)cc3)cc2C1C1C(Cc2cccc3ccccc23)=Cc2ccccc21. The van der Waals surface area contributed by atoms with Gasteiger partial charge in [0, 0.05) is 17.3 Å². The number of nitrogens with one attached hydrogen (secondary N) is 2. The lowest BCUT2D eigenvalue weighted by atomic mass is 9.78. The van der Waals surface area contributed by atoms with Crippen molar-refractivity contribution in [2.45, 2.75) is 29.3 Å². The molecule has 0 aromatic heterocycles. The minimum atomic E-state index is -4.54. The minimum absolute atomic E-state index is 0.00530. The van der Waals surface area contributed by atoms with Crippen LogP contribution in [0.15, 0.2) is 120 Å². The minimum Gasteiger partial charge on any atom is -0.325 e. The van der Waals surface area contributed by atoms with Crippen molar-refractivity contribution in [3.63, 3.8) is 0 Å². The van der Waals surface area contributed by atoms with Gasteiger partial charge in [-0.3, -0.25) is 9.52 Å². The van der Waals surface area contributed by atoms with E-state index >= 15 is 0 Å². The first-order valence-electron chi connectivity index (χ1n) is 14.0. The smallest absolute Gasteiger partial charge is 0.325 e. The Labute approximate surface area is 252 Å². The maximum atomic E-state index is 13.6. The molecule has 2 unspecified atom stereocenters. The van der Waals surface area contributed by atoms with E-state index in [4.69, 9.17) is 0 Å². The van der Waals surface area contributed by atoms with Gasteiger partial charge in [-0.15, -0.1) is 0 Å². The third-order valence-corrected chi connectivity index (χ3v) is 9.73. The first kappa shape index (κ1) is 27.9. The number of amides is 1. The average Bonchev–Trinajstić information content (AvgIpc) is 3.52. The van der Waals surface area contributed by atoms with Crippen LogP contribution in [0.2, 0.25) is 0 Å². The van der Waals surface area contributed by atoms with E-state index in [1.54, 1.807) is 6.07 Å². The molecule has 1 aliphatic heterocycles. The van der Waals surface area contributed by atoms with Gasteiger partial charge in [0.05, 0.1) is 16.4 Å². The normalized spacial score (nSPS) is 17.6. The molecule has 1 amide bonds. The summed E-state index contributed by atoms with van der Waals surface area (Å²) in [6.07, 6.45) is -1.81. The Hall–Kier alpha value is -4.89. The zero-order valence-corrected chi connectivity index (χ0v) is 23.9. The third-order valence-electron chi connectivity index (χ3n) is 8.35. The lowest BCUT2D eigenvalue weighted by molar-refractivity contribution is -0.137. The molecular weight excluding hydrogens is 585 g/mol. The Kier molecular flexibility index (Phi) is 6.58. The summed E-state index contributed by atoms with van der Waals surface area (Å²) in [6, 6.07) is 30.4. The standard InChI is InChI=1S/C35H25F3N2O3S/c36-35(37,38)25-12-14-26(15-13-25)40-44(42,43)27-16-17-31-30(20-27)33(34(41)39-31)32-24(19-23-7-2-4-11-29(23)32)18-22-9-5-8-21-6-1-3-10-28(21)22/h1-17,19-20,32-33,40H,18H2,(H,39,41). The Morgan fingerprint density at radius 1 is 0.773 bits per heavy atom. The van der Waals surface area contributed by atoms with Gasteiger partial charge in [0.25, 0.3) is 10.0 Å². The molecule has 0 saturated carbocycles. The molecule has 44 heavy (non-hydrogen) atoms. The van der Waals surface area contributed by atoms with E-state index in [2.05, 4.69) is 40.4 Å². The van der Waals surface area contributed by atoms with E-state index in [0.717, 1.165) is 57.3 Å². The number of sulfonamides is 1. The summed E-state index contributed by atoms with van der Waals surface area (Å²) in [4.78, 5) is 13.5. The number of alkyl halides is 3. The molecule has 0 fully saturated rings. The van der Waals surface area contributed by atoms with E-state index in [1.165, 1.54) is 12.1 Å². The Balaban J connectivity index is 1.25. The van der Waals surface area contributed by atoms with Gasteiger partial charge in [0.15, 0.2) is 0 Å². The summed E-state index contributed by atoms with van der Waals surface area (Å²) >= 11 is 0. The molecular formula is C35H25F3N2O3S. The van der Waals surface area contributed by atoms with Crippen molar-refractivity contribution in [2.24, 2.45) is 0 Å².